The average molecular weight is 281 g/mol. The number of pyridine rings is 1. The van der Waals surface area contributed by atoms with E-state index >= 15 is 0 Å². The van der Waals surface area contributed by atoms with E-state index in [1.54, 1.807) is 6.20 Å². The topological polar surface area (TPSA) is 41.1 Å². The van der Waals surface area contributed by atoms with Gasteiger partial charge in [-0.05, 0) is 24.0 Å². The monoisotopic (exact) mass is 281 g/mol. The van der Waals surface area contributed by atoms with Crippen LogP contribution in [0.4, 0.5) is 13.2 Å². The quantitative estimate of drug-likeness (QED) is 0.855. The molecule has 0 aliphatic carbocycles. The molecule has 0 aliphatic heterocycles. The lowest BCUT2D eigenvalue weighted by molar-refractivity contribution is -0.137. The van der Waals surface area contributed by atoms with Gasteiger partial charge in [-0.2, -0.15) is 18.4 Å². The van der Waals surface area contributed by atoms with Gasteiger partial charge in [-0.15, -0.1) is 0 Å². The molecule has 2 rings (SSSR count). The highest BCUT2D eigenvalue weighted by molar-refractivity contribution is 5.51. The van der Waals surface area contributed by atoms with Gasteiger partial charge in [-0.3, -0.25) is 0 Å². The van der Waals surface area contributed by atoms with Crippen LogP contribution in [0.15, 0.2) is 18.5 Å². The lowest BCUT2D eigenvalue weighted by Crippen LogP contribution is -2.08. The zero-order chi connectivity index (χ0) is 14.9. The molecule has 0 amide bonds. The van der Waals surface area contributed by atoms with Crippen molar-refractivity contribution in [2.45, 2.75) is 38.8 Å². The maximum absolute atomic E-state index is 12.9. The summed E-state index contributed by atoms with van der Waals surface area (Å²) in [6, 6.07) is 3.04. The molecule has 0 bridgehead atoms. The maximum atomic E-state index is 12.9. The highest BCUT2D eigenvalue weighted by atomic mass is 19.4. The first kappa shape index (κ1) is 14.4. The van der Waals surface area contributed by atoms with Crippen molar-refractivity contribution in [1.29, 1.82) is 5.26 Å². The summed E-state index contributed by atoms with van der Waals surface area (Å²) in [6.45, 7) is 3.86. The van der Waals surface area contributed by atoms with Gasteiger partial charge in [0.1, 0.15) is 5.65 Å². The normalized spacial score (nSPS) is 12.1. The molecule has 0 fully saturated rings. The van der Waals surface area contributed by atoms with E-state index in [-0.39, 0.29) is 18.8 Å². The van der Waals surface area contributed by atoms with Gasteiger partial charge in [0, 0.05) is 18.8 Å². The van der Waals surface area contributed by atoms with Gasteiger partial charge in [0.25, 0.3) is 0 Å². The van der Waals surface area contributed by atoms with E-state index in [1.807, 2.05) is 19.9 Å². The summed E-state index contributed by atoms with van der Waals surface area (Å²) in [5.74, 6) is 0.132. The van der Waals surface area contributed by atoms with Crippen LogP contribution < -0.4 is 0 Å². The predicted molar refractivity (Wildman–Crippen MR) is 68.2 cm³/mol. The van der Waals surface area contributed by atoms with Crippen LogP contribution in [0.5, 0.6) is 0 Å². The summed E-state index contributed by atoms with van der Waals surface area (Å²) in [6.07, 6.45) is -1.31. The van der Waals surface area contributed by atoms with E-state index in [0.717, 1.165) is 18.0 Å². The van der Waals surface area contributed by atoms with Gasteiger partial charge in [-0.25, -0.2) is 4.98 Å². The minimum atomic E-state index is -4.40. The molecule has 0 radical (unpaired) electrons. The Balaban J connectivity index is 2.62. The number of alkyl halides is 3. The predicted octanol–water partition coefficient (Wildman–Crippen LogP) is 3.93. The average Bonchev–Trinajstić information content (AvgIpc) is 2.78. The maximum Gasteiger partial charge on any atom is 0.417 e. The smallest absolute Gasteiger partial charge is 0.306 e. The Bertz CT molecular complexity index is 663. The molecule has 6 heteroatoms. The van der Waals surface area contributed by atoms with Crippen LogP contribution in [0.2, 0.25) is 0 Å². The molecule has 0 saturated heterocycles. The molecule has 3 nitrogen and oxygen atoms in total. The van der Waals surface area contributed by atoms with Crippen LogP contribution >= 0.6 is 0 Å². The van der Waals surface area contributed by atoms with Gasteiger partial charge >= 0.3 is 6.18 Å². The van der Waals surface area contributed by atoms with Crippen LogP contribution in [-0.4, -0.2) is 9.38 Å². The van der Waals surface area contributed by atoms with Crippen LogP contribution in [0.3, 0.4) is 0 Å². The number of imidazole rings is 1. The lowest BCUT2D eigenvalue weighted by atomic mass is 10.1. The van der Waals surface area contributed by atoms with E-state index in [4.69, 9.17) is 5.26 Å². The minimum absolute atomic E-state index is 0.132. The molecule has 0 spiro atoms. The van der Waals surface area contributed by atoms with Crippen molar-refractivity contribution in [2.75, 3.05) is 0 Å². The molecule has 20 heavy (non-hydrogen) atoms. The first-order valence-corrected chi connectivity index (χ1v) is 6.28. The van der Waals surface area contributed by atoms with Crippen molar-refractivity contribution >= 4 is 5.65 Å². The third-order valence-electron chi connectivity index (χ3n) is 3.07. The highest BCUT2D eigenvalue weighted by Gasteiger charge is 2.32. The largest absolute Gasteiger partial charge is 0.417 e. The second-order valence-electron chi connectivity index (χ2n) is 4.96. The van der Waals surface area contributed by atoms with Crippen molar-refractivity contribution in [1.82, 2.24) is 9.38 Å². The van der Waals surface area contributed by atoms with Crippen LogP contribution in [0, 0.1) is 11.3 Å². The molecule has 2 aromatic heterocycles. The summed E-state index contributed by atoms with van der Waals surface area (Å²) in [7, 11) is 0. The third-order valence-corrected chi connectivity index (χ3v) is 3.07. The molecular formula is C14H14F3N3. The third kappa shape index (κ3) is 2.77. The van der Waals surface area contributed by atoms with E-state index in [9.17, 15) is 13.2 Å². The molecular weight excluding hydrogens is 267 g/mol. The summed E-state index contributed by atoms with van der Waals surface area (Å²) in [4.78, 5) is 4.37. The lowest BCUT2D eigenvalue weighted by Gasteiger charge is -2.10. The highest BCUT2D eigenvalue weighted by Crippen LogP contribution is 2.31. The second kappa shape index (κ2) is 5.16. The Labute approximate surface area is 114 Å². The molecule has 0 saturated carbocycles. The van der Waals surface area contributed by atoms with E-state index in [2.05, 4.69) is 4.98 Å². The Hall–Kier alpha value is -2.03. The fourth-order valence-electron chi connectivity index (χ4n) is 2.00. The van der Waals surface area contributed by atoms with Crippen LogP contribution in [-0.2, 0) is 12.6 Å². The Morgan fingerprint density at radius 2 is 2.05 bits per heavy atom. The number of nitriles is 1. The standard InChI is InChI=1S/C14H14F3N3/c1-9(2)12-8-20-7-11(14(15,16)17)6-10(4-3-5-18)13(20)19-12/h6-9H,3-4H2,1-2H3. The van der Waals surface area contributed by atoms with Crippen molar-refractivity contribution < 1.29 is 13.2 Å². The minimum Gasteiger partial charge on any atom is -0.306 e. The summed E-state index contributed by atoms with van der Waals surface area (Å²) in [5, 5.41) is 8.62. The summed E-state index contributed by atoms with van der Waals surface area (Å²) in [5.41, 5.74) is 0.971. The second-order valence-corrected chi connectivity index (χ2v) is 4.96. The Morgan fingerprint density at radius 1 is 1.35 bits per heavy atom. The van der Waals surface area contributed by atoms with Gasteiger partial charge in [0.2, 0.25) is 0 Å². The van der Waals surface area contributed by atoms with Crippen molar-refractivity contribution in [2.24, 2.45) is 0 Å². The molecule has 106 valence electrons. The number of hydrogen-bond acceptors (Lipinski definition) is 2. The van der Waals surface area contributed by atoms with Crippen molar-refractivity contribution in [3.63, 3.8) is 0 Å². The number of halogens is 3. The van der Waals surface area contributed by atoms with Gasteiger partial charge in [-0.1, -0.05) is 13.8 Å². The van der Waals surface area contributed by atoms with Gasteiger partial charge in [0.05, 0.1) is 17.3 Å². The molecule has 0 N–H and O–H groups in total. The molecule has 2 aromatic rings. The Kier molecular flexibility index (Phi) is 3.71. The van der Waals surface area contributed by atoms with Crippen molar-refractivity contribution in [3.8, 4) is 6.07 Å². The SMILES string of the molecule is CC(C)c1cn2cc(C(F)(F)F)cc(CCC#N)c2n1. The Morgan fingerprint density at radius 3 is 2.60 bits per heavy atom. The van der Waals surface area contributed by atoms with Crippen LogP contribution in [0.1, 0.15) is 43.0 Å². The zero-order valence-electron chi connectivity index (χ0n) is 11.2. The van der Waals surface area contributed by atoms with Gasteiger partial charge in [0.15, 0.2) is 0 Å². The zero-order valence-corrected chi connectivity index (χ0v) is 11.2. The number of aromatic nitrogens is 2. The molecule has 0 atom stereocenters. The van der Waals surface area contributed by atoms with E-state index in [1.165, 1.54) is 4.40 Å². The number of aryl methyl sites for hydroxylation is 1. The number of rotatable bonds is 3. The fourth-order valence-corrected chi connectivity index (χ4v) is 2.00. The van der Waals surface area contributed by atoms with Crippen molar-refractivity contribution in [3.05, 3.63) is 35.3 Å². The number of nitrogens with zero attached hydrogens (tertiary/aromatic N) is 3. The van der Waals surface area contributed by atoms with Gasteiger partial charge < -0.3 is 4.40 Å². The number of fused-ring (bicyclic) bond motifs is 1. The summed E-state index contributed by atoms with van der Waals surface area (Å²) < 4.78 is 40.1. The molecule has 0 aliphatic rings. The molecule has 0 unspecified atom stereocenters. The van der Waals surface area contributed by atoms with E-state index in [0.29, 0.717) is 11.2 Å². The van der Waals surface area contributed by atoms with E-state index < -0.39 is 11.7 Å². The first-order valence-electron chi connectivity index (χ1n) is 6.28. The fraction of sp³-hybridized carbons (Fsp3) is 0.429. The molecule has 0 aromatic carbocycles. The summed E-state index contributed by atoms with van der Waals surface area (Å²) >= 11 is 0. The van der Waals surface area contributed by atoms with Crippen LogP contribution in [0.25, 0.3) is 5.65 Å². The first-order chi connectivity index (χ1) is 9.32. The number of hydrogen-bond donors (Lipinski definition) is 0. The molecule has 2 heterocycles.